The van der Waals surface area contributed by atoms with Gasteiger partial charge in [0.25, 0.3) is 0 Å². The van der Waals surface area contributed by atoms with Crippen LogP contribution in [0.1, 0.15) is 86.3 Å². The molecule has 1 N–H and O–H groups in total. The van der Waals surface area contributed by atoms with Crippen molar-refractivity contribution in [1.82, 2.24) is 0 Å². The van der Waals surface area contributed by atoms with Crippen molar-refractivity contribution >= 4 is 57.1 Å². The Morgan fingerprint density at radius 2 is 1.30 bits per heavy atom. The maximum atomic E-state index is 13.4. The number of carbonyl (C=O) groups is 2. The van der Waals surface area contributed by atoms with Crippen LogP contribution in [0, 0.1) is 7.14 Å². The molecule has 8 heteroatoms. The lowest BCUT2D eigenvalue weighted by Crippen LogP contribution is -2.35. The largest absolute Gasteiger partial charge is 0.477 e. The molecule has 0 saturated carbocycles. The normalized spacial score (nSPS) is 12.2. The summed E-state index contributed by atoms with van der Waals surface area (Å²) in [6.45, 7) is 10.4. The van der Waals surface area contributed by atoms with Crippen LogP contribution in [-0.2, 0) is 9.53 Å². The van der Waals surface area contributed by atoms with Crippen molar-refractivity contribution in [3.05, 3.63) is 29.4 Å². The van der Waals surface area contributed by atoms with E-state index in [4.69, 9.17) is 9.84 Å². The van der Waals surface area contributed by atoms with E-state index in [1.165, 1.54) is 0 Å². The average molecular weight is 608 g/mol. The van der Waals surface area contributed by atoms with Crippen LogP contribution in [0.5, 0.6) is 0 Å². The van der Waals surface area contributed by atoms with Crippen LogP contribution in [0.25, 0.3) is 0 Å². The second kappa shape index (κ2) is 9.32. The molecule has 1 aromatic carbocycles. The zero-order chi connectivity index (χ0) is 21.3. The summed E-state index contributed by atoms with van der Waals surface area (Å²) in [4.78, 5) is 23.4. The van der Waals surface area contributed by atoms with Gasteiger partial charge in [-0.2, -0.15) is 8.78 Å². The van der Waals surface area contributed by atoms with E-state index >= 15 is 0 Å². The number of halogens is 4. The lowest BCUT2D eigenvalue weighted by molar-refractivity contribution is -0.170. The predicted molar refractivity (Wildman–Crippen MR) is 117 cm³/mol. The van der Waals surface area contributed by atoms with E-state index in [-0.39, 0.29) is 23.3 Å². The van der Waals surface area contributed by atoms with Gasteiger partial charge in [-0.05, 0) is 79.6 Å². The van der Waals surface area contributed by atoms with Crippen LogP contribution >= 0.6 is 45.2 Å². The van der Waals surface area contributed by atoms with Gasteiger partial charge in [-0.25, -0.2) is 9.59 Å². The first-order valence-corrected chi connectivity index (χ1v) is 10.7. The van der Waals surface area contributed by atoms with Crippen LogP contribution < -0.4 is 0 Å². The lowest BCUT2D eigenvalue weighted by atomic mass is 9.84. The van der Waals surface area contributed by atoms with Gasteiger partial charge in [0.2, 0.25) is 0 Å². The number of benzene rings is 1. The molecule has 27 heavy (non-hydrogen) atoms. The molecule has 0 aromatic heterocycles. The third kappa shape index (κ3) is 5.30. The van der Waals surface area contributed by atoms with Crippen molar-refractivity contribution in [2.75, 3.05) is 6.61 Å². The Morgan fingerprint density at radius 1 is 0.926 bits per heavy atom. The summed E-state index contributed by atoms with van der Waals surface area (Å²) in [5.74, 6) is -7.19. The first kappa shape index (κ1) is 24.5. The van der Waals surface area contributed by atoms with Gasteiger partial charge in [0.15, 0.2) is 6.61 Å². The van der Waals surface area contributed by atoms with E-state index in [0.29, 0.717) is 0 Å². The number of hydrogen-bond donors (Lipinski definition) is 1. The minimum absolute atomic E-state index is 0.0357. The number of carbonyl (C=O) groups excluding carboxylic acids is 1. The quantitative estimate of drug-likeness (QED) is 0.299. The van der Waals surface area contributed by atoms with E-state index in [0.717, 1.165) is 23.8 Å². The Labute approximate surface area is 185 Å². The van der Waals surface area contributed by atoms with Crippen LogP contribution in [0.2, 0.25) is 0 Å². The minimum atomic E-state index is -4.12. The standard InChI is InChI=1S/C19H24F2I2O4/c1-8(2)11-14(17(24)27-7-19(20,21)18(25)26)12(9(3)4)16(23)13(10(5)6)15(11)22/h8-10H,7H2,1-6H3,(H,25,26). The first-order chi connectivity index (χ1) is 12.2. The van der Waals surface area contributed by atoms with Gasteiger partial charge in [0.05, 0.1) is 5.56 Å². The van der Waals surface area contributed by atoms with Crippen LogP contribution in [0.4, 0.5) is 8.78 Å². The van der Waals surface area contributed by atoms with Crippen LogP contribution in [0.15, 0.2) is 0 Å². The minimum Gasteiger partial charge on any atom is -0.477 e. The number of hydrogen-bond acceptors (Lipinski definition) is 3. The summed E-state index contributed by atoms with van der Waals surface area (Å²) in [5, 5.41) is 8.55. The van der Waals surface area contributed by atoms with E-state index in [1.807, 2.05) is 27.7 Å². The van der Waals surface area contributed by atoms with Gasteiger partial charge in [0.1, 0.15) is 0 Å². The number of ether oxygens (including phenoxy) is 1. The molecule has 1 rings (SSSR count). The van der Waals surface area contributed by atoms with Gasteiger partial charge in [-0.3, -0.25) is 0 Å². The lowest BCUT2D eigenvalue weighted by Gasteiger charge is -2.26. The number of carboxylic acid groups (broad SMARTS) is 1. The average Bonchev–Trinajstić information content (AvgIpc) is 2.50. The number of carboxylic acids is 1. The fourth-order valence-electron chi connectivity index (χ4n) is 2.85. The Kier molecular flexibility index (Phi) is 8.46. The van der Waals surface area contributed by atoms with Gasteiger partial charge >= 0.3 is 17.9 Å². The maximum Gasteiger partial charge on any atom is 0.378 e. The smallest absolute Gasteiger partial charge is 0.378 e. The molecule has 0 radical (unpaired) electrons. The van der Waals surface area contributed by atoms with Crippen LogP contribution in [-0.4, -0.2) is 29.6 Å². The fraction of sp³-hybridized carbons (Fsp3) is 0.579. The van der Waals surface area contributed by atoms with Crippen molar-refractivity contribution in [2.45, 2.75) is 65.2 Å². The monoisotopic (exact) mass is 608 g/mol. The molecule has 0 atom stereocenters. The number of rotatable bonds is 7. The highest BCUT2D eigenvalue weighted by atomic mass is 127. The molecule has 0 bridgehead atoms. The second-order valence-corrected chi connectivity index (χ2v) is 9.45. The third-order valence-corrected chi connectivity index (χ3v) is 6.44. The molecule has 0 spiro atoms. The van der Waals surface area contributed by atoms with E-state index in [2.05, 4.69) is 59.0 Å². The molecule has 0 heterocycles. The summed E-state index contributed by atoms with van der Waals surface area (Å²) in [5.41, 5.74) is 2.91. The van der Waals surface area contributed by atoms with Gasteiger partial charge in [-0.1, -0.05) is 41.5 Å². The van der Waals surface area contributed by atoms with Crippen molar-refractivity contribution in [3.8, 4) is 0 Å². The van der Waals surface area contributed by atoms with Gasteiger partial charge in [-0.15, -0.1) is 0 Å². The van der Waals surface area contributed by atoms with E-state index < -0.39 is 24.5 Å². The summed E-state index contributed by atoms with van der Waals surface area (Å²) in [6, 6.07) is 0. The van der Waals surface area contributed by atoms with E-state index in [1.54, 1.807) is 0 Å². The number of esters is 1. The Bertz CT molecular complexity index is 709. The predicted octanol–water partition coefficient (Wildman–Crippen LogP) is 6.14. The Hall–Kier alpha value is -0.520. The topological polar surface area (TPSA) is 63.6 Å². The SMILES string of the molecule is CC(C)c1c(I)c(C(C)C)c(C(=O)OCC(F)(F)C(=O)O)c(C(C)C)c1I. The van der Waals surface area contributed by atoms with Crippen molar-refractivity contribution < 1.29 is 28.2 Å². The summed E-state index contributed by atoms with van der Waals surface area (Å²) >= 11 is 4.39. The molecule has 0 aliphatic heterocycles. The highest BCUT2D eigenvalue weighted by Gasteiger charge is 2.41. The number of alkyl halides is 2. The molecule has 152 valence electrons. The highest BCUT2D eigenvalue weighted by Crippen LogP contribution is 2.41. The highest BCUT2D eigenvalue weighted by molar-refractivity contribution is 14.1. The zero-order valence-electron chi connectivity index (χ0n) is 16.1. The number of aliphatic carboxylic acids is 1. The zero-order valence-corrected chi connectivity index (χ0v) is 20.4. The molecule has 0 aliphatic rings. The molecule has 0 aliphatic carbocycles. The van der Waals surface area contributed by atoms with Gasteiger partial charge < -0.3 is 9.84 Å². The molecule has 4 nitrogen and oxygen atoms in total. The molecule has 1 aromatic rings. The summed E-state index contributed by atoms with van der Waals surface area (Å²) in [7, 11) is 0. The third-order valence-electron chi connectivity index (χ3n) is 4.12. The first-order valence-electron chi connectivity index (χ1n) is 8.56. The Balaban J connectivity index is 3.65. The molecule has 0 fully saturated rings. The molecule has 0 unspecified atom stereocenters. The summed E-state index contributed by atoms with van der Waals surface area (Å²) < 4.78 is 33.4. The van der Waals surface area contributed by atoms with Crippen molar-refractivity contribution in [1.29, 1.82) is 0 Å². The maximum absolute atomic E-state index is 13.4. The van der Waals surface area contributed by atoms with Gasteiger partial charge in [0, 0.05) is 7.14 Å². The van der Waals surface area contributed by atoms with E-state index in [9.17, 15) is 18.4 Å². The van der Waals surface area contributed by atoms with Crippen molar-refractivity contribution in [2.24, 2.45) is 0 Å². The Morgan fingerprint density at radius 3 is 1.59 bits per heavy atom. The molecule has 0 amide bonds. The summed E-state index contributed by atoms with van der Waals surface area (Å²) in [6.07, 6.45) is 0. The van der Waals surface area contributed by atoms with Crippen LogP contribution in [0.3, 0.4) is 0 Å². The fourth-order valence-corrected chi connectivity index (χ4v) is 6.94. The molecule has 0 saturated heterocycles. The molecular formula is C19H24F2I2O4. The van der Waals surface area contributed by atoms with Crippen molar-refractivity contribution in [3.63, 3.8) is 0 Å². The second-order valence-electron chi connectivity index (χ2n) is 7.29. The molecular weight excluding hydrogens is 584 g/mol.